The molecule has 3 rings (SSSR count). The minimum Gasteiger partial charge on any atom is -0.488 e. The molecular weight excluding hydrogens is 266 g/mol. The van der Waals surface area contributed by atoms with Gasteiger partial charge in [-0.25, -0.2) is 0 Å². The Morgan fingerprint density at radius 3 is 2.76 bits per heavy atom. The lowest BCUT2D eigenvalue weighted by atomic mass is 10.0. The van der Waals surface area contributed by atoms with Crippen LogP contribution in [-0.4, -0.2) is 33.7 Å². The minimum atomic E-state index is -0.0279. The Bertz CT molecular complexity index is 687. The molecule has 0 saturated carbocycles. The van der Waals surface area contributed by atoms with E-state index in [0.29, 0.717) is 25.4 Å². The standard InChI is InChI=1S/C16H19N3O2/c1-4-19(5-2)16(20)14-12-10-21-13-9-7-6-8-11(13)15(12)18(3)17-14/h6-9H,4-5,10H2,1-3H3. The third kappa shape index (κ3) is 2.09. The number of aromatic nitrogens is 2. The number of ether oxygens (including phenoxy) is 1. The van der Waals surface area contributed by atoms with Crippen LogP contribution in [0.4, 0.5) is 0 Å². The molecule has 1 aromatic heterocycles. The van der Waals surface area contributed by atoms with Crippen LogP contribution < -0.4 is 4.74 Å². The molecule has 0 unspecified atom stereocenters. The Balaban J connectivity index is 2.11. The highest BCUT2D eigenvalue weighted by molar-refractivity contribution is 5.96. The monoisotopic (exact) mass is 285 g/mol. The van der Waals surface area contributed by atoms with Crippen molar-refractivity contribution in [1.29, 1.82) is 0 Å². The third-order valence-electron chi connectivity index (χ3n) is 3.91. The molecule has 0 radical (unpaired) electrons. The average Bonchev–Trinajstić information content (AvgIpc) is 2.86. The smallest absolute Gasteiger partial charge is 0.274 e. The van der Waals surface area contributed by atoms with Crippen LogP contribution in [0.5, 0.6) is 5.75 Å². The Kier molecular flexibility index (Phi) is 3.41. The normalized spacial score (nSPS) is 12.3. The Labute approximate surface area is 124 Å². The van der Waals surface area contributed by atoms with E-state index in [0.717, 1.165) is 22.6 Å². The van der Waals surface area contributed by atoms with Crippen LogP contribution in [0.1, 0.15) is 29.9 Å². The highest BCUT2D eigenvalue weighted by Crippen LogP contribution is 2.38. The van der Waals surface area contributed by atoms with Crippen molar-refractivity contribution in [3.8, 4) is 17.0 Å². The summed E-state index contributed by atoms with van der Waals surface area (Å²) < 4.78 is 7.56. The van der Waals surface area contributed by atoms with Crippen LogP contribution in [-0.2, 0) is 13.7 Å². The zero-order valence-electron chi connectivity index (χ0n) is 12.6. The van der Waals surface area contributed by atoms with Crippen molar-refractivity contribution in [2.24, 2.45) is 7.05 Å². The lowest BCUT2D eigenvalue weighted by Gasteiger charge is -2.20. The molecule has 1 aliphatic rings. The highest BCUT2D eigenvalue weighted by atomic mass is 16.5. The lowest BCUT2D eigenvalue weighted by Crippen LogP contribution is -2.31. The van der Waals surface area contributed by atoms with E-state index in [-0.39, 0.29) is 5.91 Å². The molecule has 2 heterocycles. The van der Waals surface area contributed by atoms with Crippen molar-refractivity contribution >= 4 is 5.91 Å². The number of amides is 1. The van der Waals surface area contributed by atoms with E-state index >= 15 is 0 Å². The lowest BCUT2D eigenvalue weighted by molar-refractivity contribution is 0.0763. The molecule has 2 aromatic rings. The Morgan fingerprint density at radius 2 is 2.05 bits per heavy atom. The summed E-state index contributed by atoms with van der Waals surface area (Å²) in [6, 6.07) is 7.86. The summed E-state index contributed by atoms with van der Waals surface area (Å²) in [5.41, 5.74) is 3.36. The van der Waals surface area contributed by atoms with Gasteiger partial charge < -0.3 is 9.64 Å². The van der Waals surface area contributed by atoms with Gasteiger partial charge in [-0.1, -0.05) is 12.1 Å². The van der Waals surface area contributed by atoms with Gasteiger partial charge in [-0.2, -0.15) is 5.10 Å². The molecule has 1 aliphatic heterocycles. The third-order valence-corrected chi connectivity index (χ3v) is 3.91. The molecule has 0 spiro atoms. The maximum Gasteiger partial charge on any atom is 0.274 e. The maximum absolute atomic E-state index is 12.6. The second kappa shape index (κ2) is 5.24. The summed E-state index contributed by atoms with van der Waals surface area (Å²) in [7, 11) is 1.87. The van der Waals surface area contributed by atoms with Crippen molar-refractivity contribution in [3.05, 3.63) is 35.5 Å². The van der Waals surface area contributed by atoms with Crippen LogP contribution in [0.3, 0.4) is 0 Å². The quantitative estimate of drug-likeness (QED) is 0.870. The van der Waals surface area contributed by atoms with Gasteiger partial charge in [0.1, 0.15) is 12.4 Å². The van der Waals surface area contributed by atoms with E-state index in [1.54, 1.807) is 9.58 Å². The second-order valence-corrected chi connectivity index (χ2v) is 5.06. The predicted molar refractivity (Wildman–Crippen MR) is 80.2 cm³/mol. The van der Waals surface area contributed by atoms with Crippen molar-refractivity contribution in [2.75, 3.05) is 13.1 Å². The number of hydrogen-bond donors (Lipinski definition) is 0. The predicted octanol–water partition coefficient (Wildman–Crippen LogP) is 2.46. The average molecular weight is 285 g/mol. The van der Waals surface area contributed by atoms with Gasteiger partial charge in [0.15, 0.2) is 5.69 Å². The van der Waals surface area contributed by atoms with Gasteiger partial charge in [-0.05, 0) is 26.0 Å². The van der Waals surface area contributed by atoms with Gasteiger partial charge in [-0.3, -0.25) is 9.48 Å². The van der Waals surface area contributed by atoms with Gasteiger partial charge in [0, 0.05) is 31.3 Å². The Morgan fingerprint density at radius 1 is 1.33 bits per heavy atom. The van der Waals surface area contributed by atoms with E-state index in [2.05, 4.69) is 5.10 Å². The number of aryl methyl sites for hydroxylation is 1. The van der Waals surface area contributed by atoms with Crippen molar-refractivity contribution < 1.29 is 9.53 Å². The molecule has 1 aromatic carbocycles. The summed E-state index contributed by atoms with van der Waals surface area (Å²) >= 11 is 0. The summed E-state index contributed by atoms with van der Waals surface area (Å²) in [6.07, 6.45) is 0. The highest BCUT2D eigenvalue weighted by Gasteiger charge is 2.29. The van der Waals surface area contributed by atoms with Crippen molar-refractivity contribution in [1.82, 2.24) is 14.7 Å². The molecule has 0 fully saturated rings. The largest absolute Gasteiger partial charge is 0.488 e. The zero-order valence-corrected chi connectivity index (χ0v) is 12.6. The summed E-state index contributed by atoms with van der Waals surface area (Å²) in [5.74, 6) is 0.815. The SMILES string of the molecule is CCN(CC)C(=O)c1nn(C)c2c1COc1ccccc1-2. The summed E-state index contributed by atoms with van der Waals surface area (Å²) in [6.45, 7) is 5.70. The molecule has 0 atom stereocenters. The fraction of sp³-hybridized carbons (Fsp3) is 0.375. The zero-order chi connectivity index (χ0) is 15.0. The van der Waals surface area contributed by atoms with E-state index < -0.39 is 0 Å². The van der Waals surface area contributed by atoms with Gasteiger partial charge in [0.05, 0.1) is 5.69 Å². The number of benzene rings is 1. The topological polar surface area (TPSA) is 47.4 Å². The fourth-order valence-corrected chi connectivity index (χ4v) is 2.81. The second-order valence-electron chi connectivity index (χ2n) is 5.06. The summed E-state index contributed by atoms with van der Waals surface area (Å²) in [4.78, 5) is 14.4. The van der Waals surface area contributed by atoms with E-state index in [9.17, 15) is 4.79 Å². The van der Waals surface area contributed by atoms with Gasteiger partial charge in [0.25, 0.3) is 5.91 Å². The molecule has 0 N–H and O–H groups in total. The molecule has 0 aliphatic carbocycles. The molecule has 5 nitrogen and oxygen atoms in total. The summed E-state index contributed by atoms with van der Waals surface area (Å²) in [5, 5.41) is 4.45. The van der Waals surface area contributed by atoms with Crippen LogP contribution in [0, 0.1) is 0 Å². The number of para-hydroxylation sites is 1. The fourth-order valence-electron chi connectivity index (χ4n) is 2.81. The first-order valence-corrected chi connectivity index (χ1v) is 7.24. The number of carbonyl (C=O) groups is 1. The minimum absolute atomic E-state index is 0.0279. The molecule has 0 bridgehead atoms. The number of fused-ring (bicyclic) bond motifs is 3. The van der Waals surface area contributed by atoms with Gasteiger partial charge >= 0.3 is 0 Å². The number of rotatable bonds is 3. The molecule has 0 saturated heterocycles. The van der Waals surface area contributed by atoms with E-state index in [1.807, 2.05) is 45.2 Å². The molecule has 21 heavy (non-hydrogen) atoms. The maximum atomic E-state index is 12.6. The first-order valence-electron chi connectivity index (χ1n) is 7.24. The van der Waals surface area contributed by atoms with E-state index in [1.165, 1.54) is 0 Å². The van der Waals surface area contributed by atoms with Crippen LogP contribution in [0.2, 0.25) is 0 Å². The van der Waals surface area contributed by atoms with E-state index in [4.69, 9.17) is 4.74 Å². The van der Waals surface area contributed by atoms with Crippen molar-refractivity contribution in [3.63, 3.8) is 0 Å². The molecule has 110 valence electrons. The first kappa shape index (κ1) is 13.7. The molecular formula is C16H19N3O2. The number of hydrogen-bond acceptors (Lipinski definition) is 3. The number of carbonyl (C=O) groups excluding carboxylic acids is 1. The van der Waals surface area contributed by atoms with Crippen LogP contribution in [0.25, 0.3) is 11.3 Å². The van der Waals surface area contributed by atoms with Crippen molar-refractivity contribution in [2.45, 2.75) is 20.5 Å². The van der Waals surface area contributed by atoms with Gasteiger partial charge in [-0.15, -0.1) is 0 Å². The first-order chi connectivity index (χ1) is 10.2. The van der Waals surface area contributed by atoms with Crippen LogP contribution in [0.15, 0.2) is 24.3 Å². The molecule has 5 heteroatoms. The number of nitrogens with zero attached hydrogens (tertiary/aromatic N) is 3. The molecule has 1 amide bonds. The van der Waals surface area contributed by atoms with Gasteiger partial charge in [0.2, 0.25) is 0 Å². The van der Waals surface area contributed by atoms with Crippen LogP contribution >= 0.6 is 0 Å². The Hall–Kier alpha value is -2.30.